The van der Waals surface area contributed by atoms with E-state index in [4.69, 9.17) is 14.8 Å². The van der Waals surface area contributed by atoms with Crippen molar-refractivity contribution in [3.63, 3.8) is 0 Å². The minimum absolute atomic E-state index is 0. The van der Waals surface area contributed by atoms with E-state index < -0.39 is 32.7 Å². The zero-order valence-corrected chi connectivity index (χ0v) is 8.28. The Bertz CT molecular complexity index is 362. The molecule has 15 heavy (non-hydrogen) atoms. The molecule has 3 N–H and O–H groups in total. The first kappa shape index (κ1) is 17.3. The van der Waals surface area contributed by atoms with Crippen molar-refractivity contribution in [2.75, 3.05) is 0 Å². The third-order valence-corrected chi connectivity index (χ3v) is 3.76. The van der Waals surface area contributed by atoms with Crippen molar-refractivity contribution in [3.8, 4) is 0 Å². The molecule has 0 saturated carbocycles. The predicted molar refractivity (Wildman–Crippen MR) is 51.5 cm³/mol. The first-order valence-corrected chi connectivity index (χ1v) is 4.92. The quantitative estimate of drug-likeness (QED) is 0.421. The van der Waals surface area contributed by atoms with Gasteiger partial charge in [-0.3, -0.25) is 14.1 Å². The van der Waals surface area contributed by atoms with Gasteiger partial charge in [0.25, 0.3) is 10.1 Å². The number of carbonyl (C=O) groups is 2. The molecule has 0 fully saturated rings. The molecular weight excluding hydrogens is 239 g/mol. The summed E-state index contributed by atoms with van der Waals surface area (Å²) in [4.78, 5) is 21.1. The van der Waals surface area contributed by atoms with E-state index >= 15 is 0 Å². The first-order chi connectivity index (χ1) is 6.05. The van der Waals surface area contributed by atoms with Crippen LogP contribution in [0.15, 0.2) is 0 Å². The van der Waals surface area contributed by atoms with Crippen molar-refractivity contribution in [3.05, 3.63) is 0 Å². The van der Waals surface area contributed by atoms with Gasteiger partial charge in [-0.2, -0.15) is 8.42 Å². The van der Waals surface area contributed by atoms with Crippen molar-refractivity contribution in [2.24, 2.45) is 5.92 Å². The summed E-state index contributed by atoms with van der Waals surface area (Å²) >= 11 is 0. The molecule has 2 unspecified atom stereocenters. The maximum atomic E-state index is 10.8. The Morgan fingerprint density at radius 2 is 1.60 bits per heavy atom. The third-order valence-electron chi connectivity index (χ3n) is 2.16. The van der Waals surface area contributed by atoms with Gasteiger partial charge in [0, 0.05) is 0 Å². The van der Waals surface area contributed by atoms with E-state index in [9.17, 15) is 18.0 Å². The third kappa shape index (κ3) is 3.15. The summed E-state index contributed by atoms with van der Waals surface area (Å²) < 4.78 is 27.4. The molecule has 7 nitrogen and oxygen atoms in total. The molecule has 0 aliphatic carbocycles. The van der Waals surface area contributed by atoms with Crippen LogP contribution in [0.2, 0.25) is 0 Å². The molecule has 0 aromatic heterocycles. The molecule has 0 heterocycles. The topological polar surface area (TPSA) is 129 Å². The molecule has 0 aliphatic rings. The van der Waals surface area contributed by atoms with Crippen molar-refractivity contribution in [1.29, 1.82) is 0 Å². The summed E-state index contributed by atoms with van der Waals surface area (Å²) in [6, 6.07) is 0. The van der Waals surface area contributed by atoms with E-state index in [1.807, 2.05) is 0 Å². The van der Waals surface area contributed by atoms with Gasteiger partial charge < -0.3 is 10.2 Å². The van der Waals surface area contributed by atoms with Crippen LogP contribution in [0.25, 0.3) is 0 Å². The summed E-state index contributed by atoms with van der Waals surface area (Å²) in [6.45, 7) is 1.54. The van der Waals surface area contributed by atoms with Gasteiger partial charge in [-0.05, 0) is 13.8 Å². The Balaban J connectivity index is 0. The number of rotatable bonds is 4. The van der Waals surface area contributed by atoms with Gasteiger partial charge in [0.1, 0.15) is 0 Å². The Morgan fingerprint density at radius 1 is 1.27 bits per heavy atom. The van der Waals surface area contributed by atoms with Gasteiger partial charge in [0.2, 0.25) is 4.75 Å². The van der Waals surface area contributed by atoms with E-state index in [1.165, 1.54) is 0 Å². The predicted octanol–water partition coefficient (Wildman–Crippen LogP) is -1.21. The molecule has 0 rings (SSSR count). The van der Waals surface area contributed by atoms with Gasteiger partial charge in [0.05, 0.1) is 5.92 Å². The van der Waals surface area contributed by atoms with Gasteiger partial charge in [-0.25, -0.2) is 0 Å². The molecule has 0 aromatic rings. The van der Waals surface area contributed by atoms with Crippen LogP contribution in [0.3, 0.4) is 0 Å². The molecule has 0 spiro atoms. The monoisotopic (exact) mass is 250 g/mol. The second-order valence-electron chi connectivity index (χ2n) is 2.95. The summed E-state index contributed by atoms with van der Waals surface area (Å²) in [7, 11) is -4.99. The fourth-order valence-electron chi connectivity index (χ4n) is 0.755. The van der Waals surface area contributed by atoms with Crippen LogP contribution < -0.4 is 0 Å². The standard InChI is InChI=1S/C6H10O7S.Na.H/c1-3(4(7)8)6(2,5(9)10)14(11,12)13;;/h3H,1-2H3,(H,7,8)(H,9,10)(H,11,12,13);;. The van der Waals surface area contributed by atoms with Crippen LogP contribution in [-0.2, 0) is 19.7 Å². The number of hydrogen-bond acceptors (Lipinski definition) is 4. The second kappa shape index (κ2) is 5.26. The van der Waals surface area contributed by atoms with E-state index in [2.05, 4.69) is 0 Å². The number of aliphatic carboxylic acids is 2. The molecule has 0 saturated heterocycles. The van der Waals surface area contributed by atoms with Gasteiger partial charge in [-0.1, -0.05) is 0 Å². The van der Waals surface area contributed by atoms with Crippen molar-refractivity contribution < 1.29 is 32.8 Å². The molecule has 0 radical (unpaired) electrons. The molecule has 0 aliphatic heterocycles. The van der Waals surface area contributed by atoms with Crippen molar-refractivity contribution in [1.82, 2.24) is 0 Å². The number of hydrogen-bond donors (Lipinski definition) is 3. The fourth-order valence-corrected chi connectivity index (χ4v) is 1.52. The van der Waals surface area contributed by atoms with Crippen LogP contribution in [0.4, 0.5) is 0 Å². The molecule has 0 amide bonds. The van der Waals surface area contributed by atoms with Gasteiger partial charge in [0.15, 0.2) is 0 Å². The van der Waals surface area contributed by atoms with E-state index in [-0.39, 0.29) is 29.6 Å². The van der Waals surface area contributed by atoms with Crippen molar-refractivity contribution >= 4 is 51.6 Å². The average Bonchev–Trinajstić information content (AvgIpc) is 1.98. The first-order valence-electron chi connectivity index (χ1n) is 3.48. The summed E-state index contributed by atoms with van der Waals surface area (Å²) in [6.07, 6.45) is 0. The SMILES string of the molecule is CC(C(=O)O)C(C)(C(=O)O)S(=O)(=O)O.[NaH]. The molecule has 2 atom stereocenters. The fraction of sp³-hybridized carbons (Fsp3) is 0.667. The minimum atomic E-state index is -4.99. The Hall–Kier alpha value is -0.150. The Kier molecular flexibility index (Phi) is 6.05. The van der Waals surface area contributed by atoms with Crippen LogP contribution in [0, 0.1) is 5.92 Å². The van der Waals surface area contributed by atoms with E-state index in [0.717, 1.165) is 6.92 Å². The van der Waals surface area contributed by atoms with Crippen molar-refractivity contribution in [2.45, 2.75) is 18.6 Å². The maximum absolute atomic E-state index is 10.8. The number of carboxylic acid groups (broad SMARTS) is 2. The molecule has 0 bridgehead atoms. The zero-order valence-electron chi connectivity index (χ0n) is 7.46. The summed E-state index contributed by atoms with van der Waals surface area (Å²) in [5.41, 5.74) is 0. The van der Waals surface area contributed by atoms with Gasteiger partial charge in [-0.15, -0.1) is 0 Å². The molecule has 84 valence electrons. The van der Waals surface area contributed by atoms with Crippen LogP contribution in [-0.4, -0.2) is 69.4 Å². The molecular formula is C6H11NaO7S. The summed E-state index contributed by atoms with van der Waals surface area (Å²) in [5, 5.41) is 17.1. The zero-order chi connectivity index (χ0) is 11.7. The Labute approximate surface area is 109 Å². The average molecular weight is 250 g/mol. The number of carboxylic acids is 2. The molecule has 0 aromatic carbocycles. The summed E-state index contributed by atoms with van der Waals surface area (Å²) in [5.74, 6) is -5.28. The van der Waals surface area contributed by atoms with Gasteiger partial charge >= 0.3 is 41.5 Å². The van der Waals surface area contributed by atoms with Crippen LogP contribution >= 0.6 is 0 Å². The normalized spacial score (nSPS) is 17.0. The Morgan fingerprint density at radius 3 is 1.67 bits per heavy atom. The van der Waals surface area contributed by atoms with E-state index in [0.29, 0.717) is 6.92 Å². The molecule has 9 heteroatoms. The van der Waals surface area contributed by atoms with Crippen LogP contribution in [0.1, 0.15) is 13.8 Å². The second-order valence-corrected chi connectivity index (χ2v) is 4.75. The van der Waals surface area contributed by atoms with Crippen LogP contribution in [0.5, 0.6) is 0 Å². The van der Waals surface area contributed by atoms with E-state index in [1.54, 1.807) is 0 Å².